The van der Waals surface area contributed by atoms with Gasteiger partial charge < -0.3 is 19.5 Å². The molecular formula is C30H32FNO4. The number of ether oxygens (including phenoxy) is 3. The molecule has 0 saturated carbocycles. The monoisotopic (exact) mass is 489 g/mol. The highest BCUT2D eigenvalue weighted by atomic mass is 19.1. The molecule has 1 aliphatic heterocycles. The van der Waals surface area contributed by atoms with Crippen molar-refractivity contribution in [2.45, 2.75) is 45.8 Å². The van der Waals surface area contributed by atoms with Crippen LogP contribution in [0.2, 0.25) is 0 Å². The van der Waals surface area contributed by atoms with Gasteiger partial charge in [0.2, 0.25) is 0 Å². The first kappa shape index (κ1) is 25.3. The maximum absolute atomic E-state index is 14.0. The van der Waals surface area contributed by atoms with E-state index in [1.54, 1.807) is 13.2 Å². The fourth-order valence-electron chi connectivity index (χ4n) is 4.83. The number of anilines is 1. The van der Waals surface area contributed by atoms with Crippen LogP contribution in [0.1, 0.15) is 43.9 Å². The van der Waals surface area contributed by atoms with Crippen LogP contribution in [-0.4, -0.2) is 25.7 Å². The Hall–Kier alpha value is -3.80. The summed E-state index contributed by atoms with van der Waals surface area (Å²) in [6.07, 6.45) is 2.99. The van der Waals surface area contributed by atoms with E-state index < -0.39 is 0 Å². The third kappa shape index (κ3) is 5.38. The number of methoxy groups -OCH3 is 2. The highest BCUT2D eigenvalue weighted by Crippen LogP contribution is 2.43. The van der Waals surface area contributed by atoms with Gasteiger partial charge in [-0.3, -0.25) is 4.79 Å². The number of carbonyl (C=O) groups excluding carboxylic acids is 1. The minimum absolute atomic E-state index is 0.190. The summed E-state index contributed by atoms with van der Waals surface area (Å²) in [6, 6.07) is 16.4. The predicted octanol–water partition coefficient (Wildman–Crippen LogP) is 6.79. The first-order valence-corrected chi connectivity index (χ1v) is 12.0. The smallest absolute Gasteiger partial charge is 0.305 e. The molecule has 0 saturated heterocycles. The number of hydrogen-bond donors (Lipinski definition) is 1. The van der Waals surface area contributed by atoms with Crippen molar-refractivity contribution in [3.05, 3.63) is 83.2 Å². The average molecular weight is 490 g/mol. The summed E-state index contributed by atoms with van der Waals surface area (Å²) in [4.78, 5) is 11.7. The number of para-hydroxylation sites is 1. The number of rotatable bonds is 8. The fourth-order valence-corrected chi connectivity index (χ4v) is 4.83. The number of carbonyl (C=O) groups is 1. The van der Waals surface area contributed by atoms with Gasteiger partial charge in [-0.15, -0.1) is 0 Å². The van der Waals surface area contributed by atoms with Crippen molar-refractivity contribution in [1.82, 2.24) is 0 Å². The van der Waals surface area contributed by atoms with Crippen molar-refractivity contribution in [3.63, 3.8) is 0 Å². The number of aryl methyl sites for hydroxylation is 1. The van der Waals surface area contributed by atoms with Crippen molar-refractivity contribution in [2.24, 2.45) is 0 Å². The number of allylic oxidation sites excluding steroid dienone is 1. The number of hydrogen-bond acceptors (Lipinski definition) is 5. The van der Waals surface area contributed by atoms with Crippen LogP contribution < -0.4 is 14.8 Å². The molecule has 6 heteroatoms. The minimum Gasteiger partial charge on any atom is -0.496 e. The van der Waals surface area contributed by atoms with Gasteiger partial charge in [-0.1, -0.05) is 30.3 Å². The SMILES string of the molecule is COC(=O)CCc1ccccc1OCc1c(-c2ccc(F)cc2OC)ccc2c1C(C)=CC(C)(C)N2. The molecule has 0 aliphatic carbocycles. The molecule has 0 atom stereocenters. The van der Waals surface area contributed by atoms with Crippen LogP contribution in [0.3, 0.4) is 0 Å². The van der Waals surface area contributed by atoms with Crippen molar-refractivity contribution in [1.29, 1.82) is 0 Å². The normalized spacial score (nSPS) is 13.8. The Morgan fingerprint density at radius 3 is 2.50 bits per heavy atom. The summed E-state index contributed by atoms with van der Waals surface area (Å²) >= 11 is 0. The third-order valence-electron chi connectivity index (χ3n) is 6.37. The highest BCUT2D eigenvalue weighted by Gasteiger charge is 2.27. The van der Waals surface area contributed by atoms with Gasteiger partial charge in [-0.25, -0.2) is 4.39 Å². The quantitative estimate of drug-likeness (QED) is 0.353. The maximum Gasteiger partial charge on any atom is 0.305 e. The van der Waals surface area contributed by atoms with E-state index in [0.717, 1.165) is 39.1 Å². The molecule has 36 heavy (non-hydrogen) atoms. The number of esters is 1. The molecule has 188 valence electrons. The van der Waals surface area contributed by atoms with E-state index in [0.29, 0.717) is 17.9 Å². The van der Waals surface area contributed by atoms with Crippen molar-refractivity contribution < 1.29 is 23.4 Å². The first-order chi connectivity index (χ1) is 17.2. The van der Waals surface area contributed by atoms with Crippen LogP contribution in [-0.2, 0) is 22.6 Å². The molecule has 3 aromatic rings. The lowest BCUT2D eigenvalue weighted by Crippen LogP contribution is -2.32. The zero-order valence-electron chi connectivity index (χ0n) is 21.4. The fraction of sp³-hybridized carbons (Fsp3) is 0.300. The van der Waals surface area contributed by atoms with Gasteiger partial charge in [0.1, 0.15) is 23.9 Å². The van der Waals surface area contributed by atoms with Crippen LogP contribution in [0.15, 0.2) is 60.7 Å². The van der Waals surface area contributed by atoms with Crippen molar-refractivity contribution >= 4 is 17.2 Å². The van der Waals surface area contributed by atoms with Crippen molar-refractivity contribution in [3.8, 4) is 22.6 Å². The molecule has 0 bridgehead atoms. The lowest BCUT2D eigenvalue weighted by molar-refractivity contribution is -0.140. The predicted molar refractivity (Wildman–Crippen MR) is 141 cm³/mol. The number of benzene rings is 3. The number of fused-ring (bicyclic) bond motifs is 1. The molecule has 1 aliphatic rings. The van der Waals surface area contributed by atoms with E-state index in [-0.39, 0.29) is 30.4 Å². The van der Waals surface area contributed by atoms with E-state index in [9.17, 15) is 9.18 Å². The second-order valence-electron chi connectivity index (χ2n) is 9.51. The Morgan fingerprint density at radius 1 is 1.00 bits per heavy atom. The van der Waals surface area contributed by atoms with Gasteiger partial charge in [0.15, 0.2) is 0 Å². The van der Waals surface area contributed by atoms with Crippen LogP contribution in [0.25, 0.3) is 16.7 Å². The Balaban J connectivity index is 1.78. The minimum atomic E-state index is -0.356. The molecule has 3 aromatic carbocycles. The molecule has 4 rings (SSSR count). The van der Waals surface area contributed by atoms with Crippen LogP contribution in [0.4, 0.5) is 10.1 Å². The van der Waals surface area contributed by atoms with Gasteiger partial charge in [0.25, 0.3) is 0 Å². The van der Waals surface area contributed by atoms with Crippen LogP contribution >= 0.6 is 0 Å². The number of nitrogens with one attached hydrogen (secondary N) is 1. The molecule has 0 unspecified atom stereocenters. The van der Waals surface area contributed by atoms with Gasteiger partial charge >= 0.3 is 5.97 Å². The first-order valence-electron chi connectivity index (χ1n) is 12.0. The Bertz CT molecular complexity index is 1310. The van der Waals surface area contributed by atoms with Gasteiger partial charge in [0.05, 0.1) is 19.8 Å². The summed E-state index contributed by atoms with van der Waals surface area (Å²) < 4.78 is 30.7. The summed E-state index contributed by atoms with van der Waals surface area (Å²) in [5.74, 6) is 0.551. The van der Waals surface area contributed by atoms with Gasteiger partial charge in [0, 0.05) is 34.9 Å². The molecule has 5 nitrogen and oxygen atoms in total. The van der Waals surface area contributed by atoms with E-state index in [2.05, 4.69) is 38.2 Å². The van der Waals surface area contributed by atoms with E-state index in [1.807, 2.05) is 30.3 Å². The third-order valence-corrected chi connectivity index (χ3v) is 6.37. The molecule has 0 spiro atoms. The number of halogens is 1. The summed E-state index contributed by atoms with van der Waals surface area (Å²) in [7, 11) is 2.93. The second kappa shape index (κ2) is 10.4. The Labute approximate surface area is 211 Å². The topological polar surface area (TPSA) is 56.8 Å². The molecule has 0 fully saturated rings. The van der Waals surface area contributed by atoms with E-state index >= 15 is 0 Å². The highest BCUT2D eigenvalue weighted by molar-refractivity contribution is 5.88. The lowest BCUT2D eigenvalue weighted by atomic mass is 9.85. The van der Waals surface area contributed by atoms with Gasteiger partial charge in [-0.05, 0) is 68.2 Å². The second-order valence-corrected chi connectivity index (χ2v) is 9.51. The van der Waals surface area contributed by atoms with Crippen molar-refractivity contribution in [2.75, 3.05) is 19.5 Å². The van der Waals surface area contributed by atoms with Crippen LogP contribution in [0.5, 0.6) is 11.5 Å². The molecular weight excluding hydrogens is 457 g/mol. The lowest BCUT2D eigenvalue weighted by Gasteiger charge is -2.33. The Kier molecular flexibility index (Phi) is 7.34. The molecule has 0 amide bonds. The van der Waals surface area contributed by atoms with E-state index in [4.69, 9.17) is 14.2 Å². The standard InChI is InChI=1S/C30H32FNO4/c1-19-17-30(2,3)32-25-14-13-22(23-12-11-21(31)16-27(23)34-4)24(29(19)25)18-36-26-9-7-6-8-20(26)10-15-28(33)35-5/h6-9,11-14,16-17,32H,10,15,18H2,1-5H3. The zero-order chi connectivity index (χ0) is 25.9. The van der Waals surface area contributed by atoms with E-state index in [1.165, 1.54) is 19.2 Å². The Morgan fingerprint density at radius 2 is 1.75 bits per heavy atom. The molecule has 0 aromatic heterocycles. The maximum atomic E-state index is 14.0. The summed E-state index contributed by atoms with van der Waals surface area (Å²) in [6.45, 7) is 6.64. The summed E-state index contributed by atoms with van der Waals surface area (Å²) in [5.41, 5.74) is 6.62. The zero-order valence-corrected chi connectivity index (χ0v) is 21.4. The van der Waals surface area contributed by atoms with Gasteiger partial charge in [-0.2, -0.15) is 0 Å². The molecule has 0 radical (unpaired) electrons. The average Bonchev–Trinajstić information content (AvgIpc) is 2.85. The van der Waals surface area contributed by atoms with Crippen LogP contribution in [0, 0.1) is 5.82 Å². The largest absolute Gasteiger partial charge is 0.496 e. The molecule has 1 heterocycles. The summed E-state index contributed by atoms with van der Waals surface area (Å²) in [5, 5.41) is 3.60. The molecule has 1 N–H and O–H groups in total.